The van der Waals surface area contributed by atoms with Crippen LogP contribution in [-0.2, 0) is 14.4 Å². The van der Waals surface area contributed by atoms with Crippen LogP contribution in [0.25, 0.3) is 0 Å². The summed E-state index contributed by atoms with van der Waals surface area (Å²) in [5.74, 6) is -1.61. The molecule has 1 atom stereocenters. The van der Waals surface area contributed by atoms with Gasteiger partial charge in [-0.15, -0.1) is 0 Å². The Kier molecular flexibility index (Phi) is 4.41. The van der Waals surface area contributed by atoms with Crippen LogP contribution in [-0.4, -0.2) is 89.4 Å². The number of carbonyl (C=O) groups is 4. The van der Waals surface area contributed by atoms with E-state index < -0.39 is 23.9 Å². The maximum absolute atomic E-state index is 12.0. The first-order chi connectivity index (χ1) is 9.88. The van der Waals surface area contributed by atoms with E-state index >= 15 is 0 Å². The van der Waals surface area contributed by atoms with Gasteiger partial charge in [-0.3, -0.25) is 24.2 Å². The number of likely N-dealkylation sites (tertiary alicyclic amines) is 1. The second-order valence-corrected chi connectivity index (χ2v) is 5.15. The van der Waals surface area contributed by atoms with E-state index in [1.165, 1.54) is 11.9 Å². The van der Waals surface area contributed by atoms with Crippen LogP contribution in [0.4, 0.5) is 4.79 Å². The molecule has 0 aliphatic carbocycles. The average molecular weight is 298 g/mol. The quantitative estimate of drug-likeness (QED) is 0.592. The number of hydrogen-bond acceptors (Lipinski definition) is 5. The number of imide groups is 1. The number of amides is 4. The highest BCUT2D eigenvalue weighted by molar-refractivity contribution is 6.06. The summed E-state index contributed by atoms with van der Waals surface area (Å²) in [6, 6.07) is -1.20. The summed E-state index contributed by atoms with van der Waals surface area (Å²) >= 11 is 0. The molecule has 9 heteroatoms. The average Bonchev–Trinajstić information content (AvgIpc) is 2.66. The zero-order chi connectivity index (χ0) is 15.6. The number of urea groups is 1. The Labute approximate surface area is 121 Å². The first-order valence-electron chi connectivity index (χ1n) is 6.68. The molecule has 2 saturated heterocycles. The number of aliphatic carboxylic acids is 1. The number of likely N-dealkylation sites (N-methyl/N-ethyl adjacent to an activating group) is 1. The molecule has 2 rings (SSSR count). The minimum absolute atomic E-state index is 0.0138. The van der Waals surface area contributed by atoms with E-state index in [2.05, 4.69) is 5.32 Å². The molecule has 0 radical (unpaired) electrons. The smallest absolute Gasteiger partial charge is 0.318 e. The Morgan fingerprint density at radius 1 is 1.24 bits per heavy atom. The molecule has 0 aromatic heterocycles. The van der Waals surface area contributed by atoms with Gasteiger partial charge in [0.25, 0.3) is 5.91 Å². The third kappa shape index (κ3) is 3.48. The second-order valence-electron chi connectivity index (χ2n) is 5.15. The van der Waals surface area contributed by atoms with Crippen LogP contribution in [0.5, 0.6) is 0 Å². The molecule has 21 heavy (non-hydrogen) atoms. The van der Waals surface area contributed by atoms with Crippen molar-refractivity contribution >= 4 is 23.8 Å². The van der Waals surface area contributed by atoms with Crippen molar-refractivity contribution in [1.29, 1.82) is 0 Å². The Hall–Kier alpha value is -2.16. The summed E-state index contributed by atoms with van der Waals surface area (Å²) in [5, 5.41) is 11.3. The number of hydrogen-bond donors (Lipinski definition) is 2. The van der Waals surface area contributed by atoms with Gasteiger partial charge in [0.1, 0.15) is 6.04 Å². The lowest BCUT2D eigenvalue weighted by Gasteiger charge is -2.34. The first kappa shape index (κ1) is 15.2. The lowest BCUT2D eigenvalue weighted by molar-refractivity contribution is -0.139. The summed E-state index contributed by atoms with van der Waals surface area (Å²) in [6.45, 7) is 1.68. The van der Waals surface area contributed by atoms with Crippen molar-refractivity contribution in [2.45, 2.75) is 12.5 Å². The zero-order valence-corrected chi connectivity index (χ0v) is 11.7. The minimum atomic E-state index is -0.897. The third-order valence-electron chi connectivity index (χ3n) is 3.70. The monoisotopic (exact) mass is 298 g/mol. The highest BCUT2D eigenvalue weighted by Crippen LogP contribution is 2.11. The Bertz CT molecular complexity index is 472. The topological polar surface area (TPSA) is 110 Å². The van der Waals surface area contributed by atoms with Crippen molar-refractivity contribution < 1.29 is 24.3 Å². The lowest BCUT2D eigenvalue weighted by atomic mass is 10.2. The van der Waals surface area contributed by atoms with Gasteiger partial charge in [-0.1, -0.05) is 0 Å². The van der Waals surface area contributed by atoms with E-state index in [0.29, 0.717) is 26.2 Å². The molecular formula is C12H18N4O5. The molecule has 4 amide bonds. The second kappa shape index (κ2) is 6.08. The van der Waals surface area contributed by atoms with E-state index in [1.807, 2.05) is 0 Å². The fourth-order valence-electron chi connectivity index (χ4n) is 2.41. The van der Waals surface area contributed by atoms with Crippen LogP contribution < -0.4 is 5.32 Å². The third-order valence-corrected chi connectivity index (χ3v) is 3.70. The fraction of sp³-hybridized carbons (Fsp3) is 0.667. The van der Waals surface area contributed by atoms with Gasteiger partial charge < -0.3 is 15.3 Å². The number of rotatable bonds is 3. The van der Waals surface area contributed by atoms with E-state index in [9.17, 15) is 19.2 Å². The normalized spacial score (nSPS) is 23.6. The van der Waals surface area contributed by atoms with E-state index in [0.717, 1.165) is 4.90 Å². The molecule has 2 aliphatic rings. The molecule has 116 valence electrons. The van der Waals surface area contributed by atoms with Crippen LogP contribution in [0.2, 0.25) is 0 Å². The van der Waals surface area contributed by atoms with Gasteiger partial charge in [0.15, 0.2) is 0 Å². The van der Waals surface area contributed by atoms with Gasteiger partial charge in [-0.05, 0) is 0 Å². The number of piperazine rings is 1. The maximum atomic E-state index is 12.0. The standard InChI is InChI=1S/C12H18N4O5/c1-14-9(17)6-8(11(14)20)13-12(21)16-4-2-15(3-5-16)7-10(18)19/h8H,2-7H2,1H3,(H,13,21)(H,18,19). The molecule has 2 fully saturated rings. The summed E-state index contributed by atoms with van der Waals surface area (Å²) in [4.78, 5) is 50.0. The summed E-state index contributed by atoms with van der Waals surface area (Å²) < 4.78 is 0. The Morgan fingerprint density at radius 2 is 1.86 bits per heavy atom. The van der Waals surface area contributed by atoms with Crippen LogP contribution in [0.15, 0.2) is 0 Å². The lowest BCUT2D eigenvalue weighted by Crippen LogP contribution is -2.55. The molecule has 9 nitrogen and oxygen atoms in total. The molecule has 2 heterocycles. The SMILES string of the molecule is CN1C(=O)CC(NC(=O)N2CCN(CC(=O)O)CC2)C1=O. The van der Waals surface area contributed by atoms with Crippen molar-refractivity contribution in [2.75, 3.05) is 39.8 Å². The highest BCUT2D eigenvalue weighted by Gasteiger charge is 2.37. The Balaban J connectivity index is 1.82. The highest BCUT2D eigenvalue weighted by atomic mass is 16.4. The molecule has 2 aliphatic heterocycles. The summed E-state index contributed by atoms with van der Waals surface area (Å²) in [6.07, 6.45) is -0.0138. The Morgan fingerprint density at radius 3 is 2.33 bits per heavy atom. The minimum Gasteiger partial charge on any atom is -0.480 e. The maximum Gasteiger partial charge on any atom is 0.318 e. The van der Waals surface area contributed by atoms with E-state index in [1.54, 1.807) is 4.90 Å². The van der Waals surface area contributed by atoms with E-state index in [-0.39, 0.29) is 18.9 Å². The molecule has 0 spiro atoms. The van der Waals surface area contributed by atoms with Crippen molar-refractivity contribution in [3.8, 4) is 0 Å². The van der Waals surface area contributed by atoms with Crippen LogP contribution in [0.3, 0.4) is 0 Å². The van der Waals surface area contributed by atoms with Gasteiger partial charge in [0, 0.05) is 33.2 Å². The number of carboxylic acids is 1. The summed E-state index contributed by atoms with van der Waals surface area (Å²) in [5.41, 5.74) is 0. The molecule has 2 N–H and O–H groups in total. The number of nitrogens with one attached hydrogen (secondary N) is 1. The number of carboxylic acid groups (broad SMARTS) is 1. The van der Waals surface area contributed by atoms with Gasteiger partial charge in [0.2, 0.25) is 5.91 Å². The van der Waals surface area contributed by atoms with Gasteiger partial charge in [0.05, 0.1) is 13.0 Å². The van der Waals surface area contributed by atoms with Crippen LogP contribution >= 0.6 is 0 Å². The van der Waals surface area contributed by atoms with Crippen molar-refractivity contribution in [3.63, 3.8) is 0 Å². The van der Waals surface area contributed by atoms with Crippen molar-refractivity contribution in [3.05, 3.63) is 0 Å². The molecule has 0 aromatic rings. The largest absolute Gasteiger partial charge is 0.480 e. The molecule has 0 aromatic carbocycles. The molecule has 0 saturated carbocycles. The van der Waals surface area contributed by atoms with Crippen molar-refractivity contribution in [1.82, 2.24) is 20.0 Å². The molecular weight excluding hydrogens is 280 g/mol. The molecule has 0 bridgehead atoms. The van der Waals surface area contributed by atoms with Crippen LogP contribution in [0.1, 0.15) is 6.42 Å². The van der Waals surface area contributed by atoms with Gasteiger partial charge >= 0.3 is 12.0 Å². The van der Waals surface area contributed by atoms with Gasteiger partial charge in [-0.2, -0.15) is 0 Å². The zero-order valence-electron chi connectivity index (χ0n) is 11.7. The summed E-state index contributed by atoms with van der Waals surface area (Å²) in [7, 11) is 1.39. The number of nitrogens with zero attached hydrogens (tertiary/aromatic N) is 3. The van der Waals surface area contributed by atoms with Gasteiger partial charge in [-0.25, -0.2) is 4.79 Å². The first-order valence-corrected chi connectivity index (χ1v) is 6.68. The fourth-order valence-corrected chi connectivity index (χ4v) is 2.41. The van der Waals surface area contributed by atoms with Crippen molar-refractivity contribution in [2.24, 2.45) is 0 Å². The number of carbonyl (C=O) groups excluding carboxylic acids is 3. The van der Waals surface area contributed by atoms with E-state index in [4.69, 9.17) is 5.11 Å². The molecule has 1 unspecified atom stereocenters. The van der Waals surface area contributed by atoms with Crippen LogP contribution in [0, 0.1) is 0 Å². The predicted octanol–water partition coefficient (Wildman–Crippen LogP) is -1.84. The predicted molar refractivity (Wildman–Crippen MR) is 70.4 cm³/mol.